The molecule has 0 aliphatic rings. The van der Waals surface area contributed by atoms with Crippen molar-refractivity contribution in [2.24, 2.45) is 5.41 Å². The summed E-state index contributed by atoms with van der Waals surface area (Å²) in [5, 5.41) is 0. The third kappa shape index (κ3) is 7.17. The first-order chi connectivity index (χ1) is 21.0. The Hall–Kier alpha value is -3.90. The van der Waals surface area contributed by atoms with E-state index < -0.39 is 70.7 Å². The monoisotopic (exact) mass is 640 g/mol. The van der Waals surface area contributed by atoms with Crippen LogP contribution in [0.25, 0.3) is 0 Å². The van der Waals surface area contributed by atoms with Gasteiger partial charge in [-0.1, -0.05) is 112 Å². The van der Waals surface area contributed by atoms with Gasteiger partial charge in [-0.2, -0.15) is 26.3 Å². The molecular formula is C33H34F6O6. The molecule has 3 rings (SSSR count). The van der Waals surface area contributed by atoms with Gasteiger partial charge >= 0.3 is 24.3 Å². The molecular weight excluding hydrogens is 606 g/mol. The summed E-state index contributed by atoms with van der Waals surface area (Å²) in [6.45, 7) is 4.66. The molecule has 3 aromatic rings. The molecule has 0 aliphatic carbocycles. The number of ether oxygens (including phenoxy) is 4. The van der Waals surface area contributed by atoms with Crippen LogP contribution in [0.5, 0.6) is 0 Å². The van der Waals surface area contributed by atoms with Gasteiger partial charge in [0.05, 0.1) is 0 Å². The second-order valence-electron chi connectivity index (χ2n) is 11.3. The van der Waals surface area contributed by atoms with Crippen molar-refractivity contribution >= 4 is 11.9 Å². The van der Waals surface area contributed by atoms with E-state index in [1.165, 1.54) is 60.7 Å². The summed E-state index contributed by atoms with van der Waals surface area (Å²) in [5.41, 5.74) is -9.04. The molecule has 2 unspecified atom stereocenters. The van der Waals surface area contributed by atoms with Crippen LogP contribution in [0.4, 0.5) is 26.3 Å². The van der Waals surface area contributed by atoms with Gasteiger partial charge < -0.3 is 18.9 Å². The molecule has 0 bridgehead atoms. The maximum Gasteiger partial charge on any atom is 0.432 e. The van der Waals surface area contributed by atoms with Crippen molar-refractivity contribution in [2.45, 2.75) is 63.0 Å². The molecule has 0 fully saturated rings. The molecule has 0 spiro atoms. The predicted molar refractivity (Wildman–Crippen MR) is 152 cm³/mol. The van der Waals surface area contributed by atoms with E-state index in [4.69, 9.17) is 18.9 Å². The number of hydrogen-bond acceptors (Lipinski definition) is 6. The van der Waals surface area contributed by atoms with Gasteiger partial charge in [-0.25, -0.2) is 9.59 Å². The smallest absolute Gasteiger partial charge is 0.432 e. The Morgan fingerprint density at radius 3 is 1.29 bits per heavy atom. The first kappa shape index (κ1) is 35.6. The number of methoxy groups -OCH3 is 2. The van der Waals surface area contributed by atoms with Gasteiger partial charge in [0.1, 0.15) is 12.2 Å². The predicted octanol–water partition coefficient (Wildman–Crippen LogP) is 7.83. The van der Waals surface area contributed by atoms with Crippen LogP contribution < -0.4 is 0 Å². The van der Waals surface area contributed by atoms with E-state index in [-0.39, 0.29) is 5.56 Å². The summed E-state index contributed by atoms with van der Waals surface area (Å²) in [4.78, 5) is 27.1. The zero-order chi connectivity index (χ0) is 33.7. The molecule has 0 amide bonds. The molecule has 0 saturated heterocycles. The van der Waals surface area contributed by atoms with Crippen LogP contribution in [0.15, 0.2) is 91.0 Å². The van der Waals surface area contributed by atoms with E-state index in [2.05, 4.69) is 0 Å². The summed E-state index contributed by atoms with van der Waals surface area (Å²) in [5.74, 6) is -3.62. The first-order valence-electron chi connectivity index (χ1n) is 13.8. The molecule has 0 saturated carbocycles. The Morgan fingerprint density at radius 1 is 0.600 bits per heavy atom. The molecule has 0 aromatic heterocycles. The van der Waals surface area contributed by atoms with Crippen molar-refractivity contribution in [3.8, 4) is 0 Å². The van der Waals surface area contributed by atoms with Crippen LogP contribution >= 0.6 is 0 Å². The standard InChI is InChI=1S/C33H34F6O6/c1-29(2,3)26(45-28(41)31(43-5,33(37,38)39)24-19-13-8-14-20-24)21-25(22-15-9-6-10-16-22)44-27(40)30(42-4,32(34,35)36)23-17-11-7-12-18-23/h6-20,25-26H,21H2,1-5H3/t25-,26+,30?,31?/m0/s1. The lowest BCUT2D eigenvalue weighted by molar-refractivity contribution is -0.281. The van der Waals surface area contributed by atoms with E-state index in [0.717, 1.165) is 24.3 Å². The van der Waals surface area contributed by atoms with Gasteiger partial charge in [-0.3, -0.25) is 0 Å². The van der Waals surface area contributed by atoms with Crippen LogP contribution in [-0.2, 0) is 39.7 Å². The van der Waals surface area contributed by atoms with E-state index in [1.54, 1.807) is 26.8 Å². The van der Waals surface area contributed by atoms with Crippen LogP contribution in [0.1, 0.15) is 50.0 Å². The molecule has 4 atom stereocenters. The maximum absolute atomic E-state index is 14.6. The molecule has 0 N–H and O–H groups in total. The minimum Gasteiger partial charge on any atom is -0.459 e. The minimum atomic E-state index is -5.28. The van der Waals surface area contributed by atoms with Gasteiger partial charge in [0.25, 0.3) is 11.2 Å². The number of hydrogen-bond donors (Lipinski definition) is 0. The third-order valence-electron chi connectivity index (χ3n) is 7.41. The normalized spacial score (nSPS) is 16.5. The molecule has 3 aromatic carbocycles. The van der Waals surface area contributed by atoms with Crippen molar-refractivity contribution in [1.29, 1.82) is 0 Å². The Balaban J connectivity index is 2.09. The zero-order valence-electron chi connectivity index (χ0n) is 25.2. The van der Waals surface area contributed by atoms with Gasteiger partial charge in [-0.05, 0) is 11.0 Å². The minimum absolute atomic E-state index is 0.202. The Kier molecular flexibility index (Phi) is 10.8. The number of alkyl halides is 6. The fourth-order valence-electron chi connectivity index (χ4n) is 4.89. The van der Waals surface area contributed by atoms with Gasteiger partial charge in [0.2, 0.25) is 0 Å². The van der Waals surface area contributed by atoms with Crippen LogP contribution in [-0.4, -0.2) is 44.6 Å². The Labute approximate surface area is 257 Å². The largest absolute Gasteiger partial charge is 0.459 e. The summed E-state index contributed by atoms with van der Waals surface area (Å²) < 4.78 is 108. The molecule has 0 heterocycles. The highest BCUT2D eigenvalue weighted by molar-refractivity contribution is 5.83. The Morgan fingerprint density at radius 2 is 0.956 bits per heavy atom. The third-order valence-corrected chi connectivity index (χ3v) is 7.41. The van der Waals surface area contributed by atoms with Crippen molar-refractivity contribution in [1.82, 2.24) is 0 Å². The SMILES string of the molecule is COC(C(=O)O[C@@H](C[C@@H](OC(=O)C(OC)(c1ccccc1)C(F)(F)F)C(C)(C)C)c1ccccc1)(c1ccccc1)C(F)(F)F. The number of halogens is 6. The number of rotatable bonds is 11. The average Bonchev–Trinajstić information content (AvgIpc) is 2.97. The highest BCUT2D eigenvalue weighted by atomic mass is 19.4. The first-order valence-corrected chi connectivity index (χ1v) is 13.8. The lowest BCUT2D eigenvalue weighted by atomic mass is 9.84. The van der Waals surface area contributed by atoms with Gasteiger partial charge in [0, 0.05) is 31.8 Å². The van der Waals surface area contributed by atoms with Crippen LogP contribution in [0, 0.1) is 5.41 Å². The van der Waals surface area contributed by atoms with E-state index in [0.29, 0.717) is 14.2 Å². The molecule has 6 nitrogen and oxygen atoms in total. The van der Waals surface area contributed by atoms with Crippen molar-refractivity contribution < 1.29 is 54.9 Å². The summed E-state index contributed by atoms with van der Waals surface area (Å²) in [6, 6.07) is 19.9. The lowest BCUT2D eigenvalue weighted by Crippen LogP contribution is -2.53. The van der Waals surface area contributed by atoms with Crippen molar-refractivity contribution in [3.63, 3.8) is 0 Å². The summed E-state index contributed by atoms with van der Waals surface area (Å²) >= 11 is 0. The fraction of sp³-hybridized carbons (Fsp3) is 0.394. The average molecular weight is 641 g/mol. The second kappa shape index (κ2) is 13.6. The number of esters is 2. The zero-order valence-corrected chi connectivity index (χ0v) is 25.2. The van der Waals surface area contributed by atoms with Crippen molar-refractivity contribution in [2.75, 3.05) is 14.2 Å². The second-order valence-corrected chi connectivity index (χ2v) is 11.3. The van der Waals surface area contributed by atoms with E-state index >= 15 is 0 Å². The summed E-state index contributed by atoms with van der Waals surface area (Å²) in [7, 11) is 1.43. The highest BCUT2D eigenvalue weighted by Crippen LogP contribution is 2.46. The molecule has 0 radical (unpaired) electrons. The number of carbonyl (C=O) groups is 2. The van der Waals surface area contributed by atoms with Gasteiger partial charge in [-0.15, -0.1) is 0 Å². The van der Waals surface area contributed by atoms with Crippen LogP contribution in [0.3, 0.4) is 0 Å². The number of benzene rings is 3. The Bertz CT molecular complexity index is 1410. The lowest BCUT2D eigenvalue weighted by Gasteiger charge is -2.38. The number of carbonyl (C=O) groups excluding carboxylic acids is 2. The summed E-state index contributed by atoms with van der Waals surface area (Å²) in [6.07, 6.45) is -14.0. The van der Waals surface area contributed by atoms with Crippen molar-refractivity contribution in [3.05, 3.63) is 108 Å². The van der Waals surface area contributed by atoms with Gasteiger partial charge in [0.15, 0.2) is 0 Å². The van der Waals surface area contributed by atoms with Crippen LogP contribution in [0.2, 0.25) is 0 Å². The molecule has 244 valence electrons. The molecule has 12 heteroatoms. The molecule has 45 heavy (non-hydrogen) atoms. The van der Waals surface area contributed by atoms with E-state index in [1.807, 2.05) is 0 Å². The topological polar surface area (TPSA) is 71.1 Å². The quantitative estimate of drug-likeness (QED) is 0.157. The van der Waals surface area contributed by atoms with E-state index in [9.17, 15) is 35.9 Å². The highest BCUT2D eigenvalue weighted by Gasteiger charge is 2.66. The fourth-order valence-corrected chi connectivity index (χ4v) is 4.89. The maximum atomic E-state index is 14.6. The molecule has 0 aliphatic heterocycles.